The Morgan fingerprint density at radius 3 is 2.77 bits per heavy atom. The van der Waals surface area contributed by atoms with Gasteiger partial charge in [-0.15, -0.1) is 0 Å². The number of aromatic nitrogens is 3. The molecule has 3 heterocycles. The van der Waals surface area contributed by atoms with Crippen LogP contribution in [0.15, 0.2) is 6.07 Å². The van der Waals surface area contributed by atoms with Crippen molar-refractivity contribution in [3.63, 3.8) is 0 Å². The first-order valence-electron chi connectivity index (χ1n) is 10.2. The molecule has 0 fully saturated rings. The second kappa shape index (κ2) is 8.19. The highest BCUT2D eigenvalue weighted by atomic mass is 16.2. The Hall–Kier alpha value is -1.91. The number of rotatable bonds is 6. The van der Waals surface area contributed by atoms with Crippen molar-refractivity contribution in [2.45, 2.75) is 85.2 Å². The van der Waals surface area contributed by atoms with Gasteiger partial charge in [0.1, 0.15) is 11.3 Å². The lowest BCUT2D eigenvalue weighted by atomic mass is 10.1. The van der Waals surface area contributed by atoms with Crippen LogP contribution in [0.5, 0.6) is 0 Å². The number of unbranched alkanes of at least 4 members (excludes halogenated alkanes) is 2. The average molecular weight is 357 g/mol. The first kappa shape index (κ1) is 18.9. The normalized spacial score (nSPS) is 14.5. The second-order valence-electron chi connectivity index (χ2n) is 7.77. The maximum absolute atomic E-state index is 13.4. The number of pyridine rings is 1. The Bertz CT molecular complexity index is 778. The minimum absolute atomic E-state index is 0.0971. The quantitative estimate of drug-likeness (QED) is 0.716. The molecule has 0 aromatic carbocycles. The summed E-state index contributed by atoms with van der Waals surface area (Å²) in [6, 6.07) is 2.11. The van der Waals surface area contributed by atoms with Gasteiger partial charge in [-0.3, -0.25) is 4.79 Å². The molecule has 0 spiro atoms. The Kier molecular flexibility index (Phi) is 5.94. The molecule has 0 bridgehead atoms. The highest BCUT2D eigenvalue weighted by Crippen LogP contribution is 2.25. The van der Waals surface area contributed by atoms with Crippen molar-refractivity contribution < 1.29 is 4.79 Å². The van der Waals surface area contributed by atoms with E-state index in [1.165, 1.54) is 12.8 Å². The largest absolute Gasteiger partial charge is 0.336 e. The summed E-state index contributed by atoms with van der Waals surface area (Å²) in [6.07, 6.45) is 7.90. The van der Waals surface area contributed by atoms with Crippen molar-refractivity contribution in [2.24, 2.45) is 0 Å². The van der Waals surface area contributed by atoms with E-state index in [4.69, 9.17) is 9.97 Å². The molecular formula is C21H32N4O. The van der Waals surface area contributed by atoms with Crippen molar-refractivity contribution in [2.75, 3.05) is 6.54 Å². The topological polar surface area (TPSA) is 51.0 Å². The lowest BCUT2D eigenvalue weighted by Gasteiger charge is -2.27. The standard InChI is InChI=1S/C21H32N4O/c1-5-6-9-12-24(15(2)3)21(26)17-14-16(4)22-20-19(17)23-18-11-8-7-10-13-25(18)20/h14-15H,5-13H2,1-4H3. The molecule has 5 heteroatoms. The zero-order chi connectivity index (χ0) is 18.7. The third-order valence-electron chi connectivity index (χ3n) is 5.31. The highest BCUT2D eigenvalue weighted by molar-refractivity contribution is 6.04. The number of aryl methyl sites for hydroxylation is 3. The predicted octanol–water partition coefficient (Wildman–Crippen LogP) is 4.51. The zero-order valence-electron chi connectivity index (χ0n) is 16.7. The van der Waals surface area contributed by atoms with Gasteiger partial charge >= 0.3 is 0 Å². The Balaban J connectivity index is 2.01. The van der Waals surface area contributed by atoms with E-state index in [1.54, 1.807) is 0 Å². The van der Waals surface area contributed by atoms with Gasteiger partial charge < -0.3 is 9.47 Å². The average Bonchev–Trinajstić information content (AvgIpc) is 2.79. The Labute approximate surface area is 156 Å². The summed E-state index contributed by atoms with van der Waals surface area (Å²) >= 11 is 0. The van der Waals surface area contributed by atoms with Crippen LogP contribution in [0.2, 0.25) is 0 Å². The van der Waals surface area contributed by atoms with Crippen LogP contribution >= 0.6 is 0 Å². The maximum Gasteiger partial charge on any atom is 0.256 e. The molecule has 0 unspecified atom stereocenters. The highest BCUT2D eigenvalue weighted by Gasteiger charge is 2.25. The first-order valence-corrected chi connectivity index (χ1v) is 10.2. The molecular weight excluding hydrogens is 324 g/mol. The lowest BCUT2D eigenvalue weighted by Crippen LogP contribution is -2.38. The minimum Gasteiger partial charge on any atom is -0.336 e. The number of carbonyl (C=O) groups excluding carboxylic acids is 1. The fourth-order valence-corrected chi connectivity index (χ4v) is 3.86. The van der Waals surface area contributed by atoms with Crippen LogP contribution in [0.1, 0.15) is 81.2 Å². The number of hydrogen-bond acceptors (Lipinski definition) is 3. The molecule has 1 aliphatic heterocycles. The monoisotopic (exact) mass is 356 g/mol. The molecule has 3 rings (SSSR count). The summed E-state index contributed by atoms with van der Waals surface area (Å²) in [5.41, 5.74) is 3.30. The van der Waals surface area contributed by atoms with Crippen LogP contribution in [0.25, 0.3) is 11.2 Å². The number of amides is 1. The third kappa shape index (κ3) is 3.76. The van der Waals surface area contributed by atoms with Gasteiger partial charge in [-0.05, 0) is 46.1 Å². The van der Waals surface area contributed by atoms with Gasteiger partial charge in [0.15, 0.2) is 5.65 Å². The van der Waals surface area contributed by atoms with Gasteiger partial charge in [-0.25, -0.2) is 9.97 Å². The van der Waals surface area contributed by atoms with E-state index in [0.29, 0.717) is 0 Å². The molecule has 0 N–H and O–H groups in total. The minimum atomic E-state index is 0.0971. The van der Waals surface area contributed by atoms with Crippen molar-refractivity contribution in [3.05, 3.63) is 23.1 Å². The van der Waals surface area contributed by atoms with E-state index >= 15 is 0 Å². The molecule has 2 aromatic rings. The fourth-order valence-electron chi connectivity index (χ4n) is 3.86. The van der Waals surface area contributed by atoms with Crippen LogP contribution in [0.3, 0.4) is 0 Å². The van der Waals surface area contributed by atoms with E-state index in [-0.39, 0.29) is 11.9 Å². The molecule has 1 amide bonds. The Morgan fingerprint density at radius 2 is 2.04 bits per heavy atom. The van der Waals surface area contributed by atoms with Crippen molar-refractivity contribution in [1.29, 1.82) is 0 Å². The SMILES string of the molecule is CCCCCN(C(=O)c1cc(C)nc2c1nc1n2CCCCC1)C(C)C. The van der Waals surface area contributed by atoms with Crippen molar-refractivity contribution in [3.8, 4) is 0 Å². The molecule has 142 valence electrons. The number of hydrogen-bond donors (Lipinski definition) is 0. The van der Waals surface area contributed by atoms with Gasteiger partial charge in [0.2, 0.25) is 0 Å². The molecule has 0 saturated heterocycles. The van der Waals surface area contributed by atoms with Crippen LogP contribution in [-0.2, 0) is 13.0 Å². The van der Waals surface area contributed by atoms with E-state index in [0.717, 1.165) is 73.4 Å². The van der Waals surface area contributed by atoms with Crippen LogP contribution < -0.4 is 0 Å². The predicted molar refractivity (Wildman–Crippen MR) is 106 cm³/mol. The van der Waals surface area contributed by atoms with Gasteiger partial charge in [-0.2, -0.15) is 0 Å². The third-order valence-corrected chi connectivity index (χ3v) is 5.31. The van der Waals surface area contributed by atoms with Crippen molar-refractivity contribution >= 4 is 17.1 Å². The molecule has 2 aromatic heterocycles. The fraction of sp³-hybridized carbons (Fsp3) is 0.667. The van der Waals surface area contributed by atoms with E-state index < -0.39 is 0 Å². The van der Waals surface area contributed by atoms with Crippen LogP contribution in [0.4, 0.5) is 0 Å². The molecule has 0 aliphatic carbocycles. The summed E-state index contributed by atoms with van der Waals surface area (Å²) in [6.45, 7) is 10.1. The molecule has 0 saturated carbocycles. The summed E-state index contributed by atoms with van der Waals surface area (Å²) in [7, 11) is 0. The molecule has 0 radical (unpaired) electrons. The van der Waals surface area contributed by atoms with E-state index in [2.05, 4.69) is 25.3 Å². The molecule has 5 nitrogen and oxygen atoms in total. The van der Waals surface area contributed by atoms with Crippen LogP contribution in [-0.4, -0.2) is 37.9 Å². The summed E-state index contributed by atoms with van der Waals surface area (Å²) in [5.74, 6) is 1.19. The summed E-state index contributed by atoms with van der Waals surface area (Å²) < 4.78 is 2.24. The van der Waals surface area contributed by atoms with Crippen molar-refractivity contribution in [1.82, 2.24) is 19.4 Å². The lowest BCUT2D eigenvalue weighted by molar-refractivity contribution is 0.0704. The number of fused-ring (bicyclic) bond motifs is 3. The number of nitrogens with zero attached hydrogens (tertiary/aromatic N) is 4. The smallest absolute Gasteiger partial charge is 0.256 e. The van der Waals surface area contributed by atoms with Gasteiger partial charge in [-0.1, -0.05) is 26.2 Å². The molecule has 26 heavy (non-hydrogen) atoms. The van der Waals surface area contributed by atoms with Gasteiger partial charge in [0, 0.05) is 31.2 Å². The zero-order valence-corrected chi connectivity index (χ0v) is 16.7. The van der Waals surface area contributed by atoms with Gasteiger partial charge in [0.25, 0.3) is 5.91 Å². The Morgan fingerprint density at radius 1 is 1.23 bits per heavy atom. The summed E-state index contributed by atoms with van der Waals surface area (Å²) in [4.78, 5) is 25.0. The second-order valence-corrected chi connectivity index (χ2v) is 7.77. The number of imidazole rings is 1. The van der Waals surface area contributed by atoms with E-state index in [9.17, 15) is 4.79 Å². The molecule has 1 aliphatic rings. The summed E-state index contributed by atoms with van der Waals surface area (Å²) in [5, 5.41) is 0. The molecule has 0 atom stereocenters. The van der Waals surface area contributed by atoms with Gasteiger partial charge in [0.05, 0.1) is 5.56 Å². The maximum atomic E-state index is 13.4. The van der Waals surface area contributed by atoms with Crippen LogP contribution in [0, 0.1) is 6.92 Å². The first-order chi connectivity index (χ1) is 12.5. The number of carbonyl (C=O) groups is 1. The van der Waals surface area contributed by atoms with E-state index in [1.807, 2.05) is 17.9 Å².